The van der Waals surface area contributed by atoms with Crippen molar-refractivity contribution in [2.24, 2.45) is 5.41 Å². The van der Waals surface area contributed by atoms with Crippen molar-refractivity contribution in [3.05, 3.63) is 35.9 Å². The summed E-state index contributed by atoms with van der Waals surface area (Å²) in [6.45, 7) is 7.91. The molecule has 18 heavy (non-hydrogen) atoms. The van der Waals surface area contributed by atoms with E-state index in [-0.39, 0.29) is 17.5 Å². The van der Waals surface area contributed by atoms with Gasteiger partial charge in [-0.1, -0.05) is 51.1 Å². The van der Waals surface area contributed by atoms with Gasteiger partial charge in [0.25, 0.3) is 0 Å². The van der Waals surface area contributed by atoms with E-state index in [1.807, 2.05) is 30.1 Å². The van der Waals surface area contributed by atoms with E-state index in [1.54, 1.807) is 0 Å². The second kappa shape index (κ2) is 4.73. The molecule has 1 atom stereocenters. The van der Waals surface area contributed by atoms with Crippen LogP contribution in [0, 0.1) is 5.41 Å². The van der Waals surface area contributed by atoms with Crippen molar-refractivity contribution in [1.82, 2.24) is 9.80 Å². The predicted molar refractivity (Wildman–Crippen MR) is 72.9 cm³/mol. The summed E-state index contributed by atoms with van der Waals surface area (Å²) in [4.78, 5) is 16.1. The first-order valence-corrected chi connectivity index (χ1v) is 6.43. The Hall–Kier alpha value is -1.35. The van der Waals surface area contributed by atoms with Crippen LogP contribution in [-0.2, 0) is 11.3 Å². The van der Waals surface area contributed by atoms with Gasteiger partial charge in [-0.25, -0.2) is 0 Å². The Kier molecular flexibility index (Phi) is 3.44. The molecule has 1 unspecified atom stereocenters. The van der Waals surface area contributed by atoms with E-state index in [2.05, 4.69) is 37.8 Å². The minimum Gasteiger partial charge on any atom is -0.328 e. The number of rotatable bonds is 2. The summed E-state index contributed by atoms with van der Waals surface area (Å²) in [5.74, 6) is 0.214. The summed E-state index contributed by atoms with van der Waals surface area (Å²) in [5.41, 5.74) is 1.32. The fourth-order valence-corrected chi connectivity index (χ4v) is 2.84. The van der Waals surface area contributed by atoms with Crippen molar-refractivity contribution in [2.75, 3.05) is 13.6 Å². The minimum absolute atomic E-state index is 0.0652. The number of carbonyl (C=O) groups is 1. The number of benzene rings is 1. The van der Waals surface area contributed by atoms with Crippen LogP contribution in [0.3, 0.4) is 0 Å². The lowest BCUT2D eigenvalue weighted by Crippen LogP contribution is -2.46. The standard InChI is InChI=1S/C15H22N2O/c1-15(2,3)14-16(4)13(18)11-17(14)10-12-8-6-5-7-9-12/h5-9,14H,10-11H2,1-4H3. The third-order valence-corrected chi connectivity index (χ3v) is 3.45. The molecule has 1 aliphatic heterocycles. The van der Waals surface area contributed by atoms with Crippen LogP contribution in [0.25, 0.3) is 0 Å². The highest BCUT2D eigenvalue weighted by Gasteiger charge is 2.42. The third kappa shape index (κ3) is 2.56. The van der Waals surface area contributed by atoms with Gasteiger partial charge >= 0.3 is 0 Å². The molecule has 1 amide bonds. The van der Waals surface area contributed by atoms with Gasteiger partial charge in [0, 0.05) is 13.6 Å². The van der Waals surface area contributed by atoms with E-state index < -0.39 is 0 Å². The summed E-state index contributed by atoms with van der Waals surface area (Å²) >= 11 is 0. The Labute approximate surface area is 109 Å². The molecule has 0 radical (unpaired) electrons. The van der Waals surface area contributed by atoms with Crippen molar-refractivity contribution in [1.29, 1.82) is 0 Å². The number of nitrogens with zero attached hydrogens (tertiary/aromatic N) is 2. The lowest BCUT2D eigenvalue weighted by molar-refractivity contribution is -0.127. The summed E-state index contributed by atoms with van der Waals surface area (Å²) in [6, 6.07) is 10.3. The molecule has 2 rings (SSSR count). The number of hydrogen-bond donors (Lipinski definition) is 0. The Morgan fingerprint density at radius 3 is 2.39 bits per heavy atom. The first kappa shape index (κ1) is 13.1. The Morgan fingerprint density at radius 2 is 1.83 bits per heavy atom. The molecule has 1 aliphatic rings. The molecule has 0 saturated carbocycles. The quantitative estimate of drug-likeness (QED) is 0.799. The lowest BCUT2D eigenvalue weighted by Gasteiger charge is -2.38. The fraction of sp³-hybridized carbons (Fsp3) is 0.533. The van der Waals surface area contributed by atoms with Crippen LogP contribution in [-0.4, -0.2) is 35.5 Å². The molecule has 1 heterocycles. The van der Waals surface area contributed by atoms with Gasteiger partial charge in [0.05, 0.1) is 12.7 Å². The molecule has 3 heteroatoms. The Balaban J connectivity index is 2.19. The van der Waals surface area contributed by atoms with E-state index in [4.69, 9.17) is 0 Å². The molecule has 1 fully saturated rings. The number of hydrogen-bond acceptors (Lipinski definition) is 2. The van der Waals surface area contributed by atoms with E-state index in [0.29, 0.717) is 6.54 Å². The highest BCUT2D eigenvalue weighted by atomic mass is 16.2. The van der Waals surface area contributed by atoms with Gasteiger partial charge in [0.2, 0.25) is 5.91 Å². The topological polar surface area (TPSA) is 23.6 Å². The normalized spacial score (nSPS) is 21.7. The first-order chi connectivity index (χ1) is 8.39. The molecule has 0 spiro atoms. The van der Waals surface area contributed by atoms with Crippen molar-refractivity contribution in [3.63, 3.8) is 0 Å². The highest BCUT2D eigenvalue weighted by molar-refractivity contribution is 5.80. The van der Waals surface area contributed by atoms with E-state index in [1.165, 1.54) is 5.56 Å². The van der Waals surface area contributed by atoms with Crippen LogP contribution in [0.4, 0.5) is 0 Å². The molecule has 0 aromatic heterocycles. The van der Waals surface area contributed by atoms with Crippen molar-refractivity contribution in [3.8, 4) is 0 Å². The average molecular weight is 246 g/mol. The van der Waals surface area contributed by atoms with Crippen LogP contribution in [0.2, 0.25) is 0 Å². The summed E-state index contributed by atoms with van der Waals surface area (Å²) in [7, 11) is 1.91. The smallest absolute Gasteiger partial charge is 0.237 e. The second-order valence-corrected chi connectivity index (χ2v) is 6.13. The summed E-state index contributed by atoms with van der Waals surface area (Å²) in [5, 5.41) is 0. The molecule has 0 bridgehead atoms. The summed E-state index contributed by atoms with van der Waals surface area (Å²) in [6.07, 6.45) is 0.171. The van der Waals surface area contributed by atoms with Crippen LogP contribution >= 0.6 is 0 Å². The monoisotopic (exact) mass is 246 g/mol. The minimum atomic E-state index is 0.0652. The highest BCUT2D eigenvalue weighted by Crippen LogP contribution is 2.31. The van der Waals surface area contributed by atoms with Crippen LogP contribution in [0.15, 0.2) is 30.3 Å². The molecule has 0 aliphatic carbocycles. The molecule has 1 aromatic carbocycles. The third-order valence-electron chi connectivity index (χ3n) is 3.45. The molecule has 1 saturated heterocycles. The van der Waals surface area contributed by atoms with Crippen molar-refractivity contribution in [2.45, 2.75) is 33.5 Å². The van der Waals surface area contributed by atoms with E-state index >= 15 is 0 Å². The predicted octanol–water partition coefficient (Wildman–Crippen LogP) is 2.33. The Morgan fingerprint density at radius 1 is 1.22 bits per heavy atom. The maximum Gasteiger partial charge on any atom is 0.237 e. The van der Waals surface area contributed by atoms with Crippen LogP contribution in [0.5, 0.6) is 0 Å². The zero-order valence-electron chi connectivity index (χ0n) is 11.7. The van der Waals surface area contributed by atoms with Crippen LogP contribution < -0.4 is 0 Å². The van der Waals surface area contributed by atoms with Gasteiger partial charge in [0.15, 0.2) is 0 Å². The van der Waals surface area contributed by atoms with Gasteiger partial charge in [-0.3, -0.25) is 9.69 Å². The zero-order valence-corrected chi connectivity index (χ0v) is 11.7. The van der Waals surface area contributed by atoms with E-state index in [0.717, 1.165) is 6.54 Å². The molecule has 98 valence electrons. The number of likely N-dealkylation sites (N-methyl/N-ethyl adjacent to an activating group) is 1. The summed E-state index contributed by atoms with van der Waals surface area (Å²) < 4.78 is 0. The molecular formula is C15H22N2O. The average Bonchev–Trinajstić information content (AvgIpc) is 2.55. The maximum atomic E-state index is 11.9. The van der Waals surface area contributed by atoms with Crippen molar-refractivity contribution < 1.29 is 4.79 Å². The molecule has 0 N–H and O–H groups in total. The first-order valence-electron chi connectivity index (χ1n) is 6.43. The Bertz CT molecular complexity index is 422. The van der Waals surface area contributed by atoms with Gasteiger partial charge in [-0.2, -0.15) is 0 Å². The number of carbonyl (C=O) groups excluding carboxylic acids is 1. The molecular weight excluding hydrogens is 224 g/mol. The SMILES string of the molecule is CN1C(=O)CN(Cc2ccccc2)C1C(C)(C)C. The second-order valence-electron chi connectivity index (χ2n) is 6.13. The van der Waals surface area contributed by atoms with Gasteiger partial charge < -0.3 is 4.90 Å². The fourth-order valence-electron chi connectivity index (χ4n) is 2.84. The van der Waals surface area contributed by atoms with Gasteiger partial charge in [-0.05, 0) is 11.0 Å². The number of amides is 1. The largest absolute Gasteiger partial charge is 0.328 e. The van der Waals surface area contributed by atoms with Gasteiger partial charge in [-0.15, -0.1) is 0 Å². The molecule has 1 aromatic rings. The van der Waals surface area contributed by atoms with Gasteiger partial charge in [0.1, 0.15) is 0 Å². The molecule has 3 nitrogen and oxygen atoms in total. The zero-order chi connectivity index (χ0) is 13.3. The van der Waals surface area contributed by atoms with Crippen LogP contribution in [0.1, 0.15) is 26.3 Å². The van der Waals surface area contributed by atoms with E-state index in [9.17, 15) is 4.79 Å². The van der Waals surface area contributed by atoms with Crippen molar-refractivity contribution >= 4 is 5.91 Å². The maximum absolute atomic E-state index is 11.9. The lowest BCUT2D eigenvalue weighted by atomic mass is 9.91.